The normalized spacial score (nSPS) is 11.4. The van der Waals surface area contributed by atoms with Crippen molar-refractivity contribution in [3.63, 3.8) is 0 Å². The molecule has 27 heavy (non-hydrogen) atoms. The van der Waals surface area contributed by atoms with Crippen molar-refractivity contribution in [2.45, 2.75) is 20.0 Å². The Morgan fingerprint density at radius 2 is 1.81 bits per heavy atom. The van der Waals surface area contributed by atoms with E-state index >= 15 is 0 Å². The van der Waals surface area contributed by atoms with E-state index in [0.29, 0.717) is 27.2 Å². The molecule has 0 fully saturated rings. The number of aryl methyl sites for hydroxylation is 1. The number of amides is 1. The molecular weight excluding hydrogens is 393 g/mol. The number of anilines is 1. The van der Waals surface area contributed by atoms with Gasteiger partial charge >= 0.3 is 5.97 Å². The predicted octanol–water partition coefficient (Wildman–Crippen LogP) is 4.26. The molecule has 0 heterocycles. The fourth-order valence-corrected chi connectivity index (χ4v) is 2.56. The molecule has 0 aromatic heterocycles. The van der Waals surface area contributed by atoms with Crippen LogP contribution in [-0.4, -0.2) is 31.7 Å². The van der Waals surface area contributed by atoms with E-state index < -0.39 is 18.0 Å². The van der Waals surface area contributed by atoms with Gasteiger partial charge in [-0.15, -0.1) is 0 Å². The number of rotatable bonds is 7. The number of nitrogens with one attached hydrogen (secondary N) is 1. The highest BCUT2D eigenvalue weighted by molar-refractivity contribution is 6.32. The summed E-state index contributed by atoms with van der Waals surface area (Å²) in [5.74, 6) is -0.333. The minimum absolute atomic E-state index is 0.350. The van der Waals surface area contributed by atoms with Crippen LogP contribution in [0.5, 0.6) is 11.5 Å². The number of hydrogen-bond acceptors (Lipinski definition) is 5. The van der Waals surface area contributed by atoms with Gasteiger partial charge in [0.1, 0.15) is 11.5 Å². The third kappa shape index (κ3) is 6.05. The molecule has 0 radical (unpaired) electrons. The van der Waals surface area contributed by atoms with Crippen LogP contribution in [0.15, 0.2) is 36.4 Å². The van der Waals surface area contributed by atoms with E-state index in [1.54, 1.807) is 24.3 Å². The highest BCUT2D eigenvalue weighted by atomic mass is 35.5. The standard InChI is InChI=1S/C19H19Cl2NO5/c1-11-4-6-14(20)17(8-11)26-10-18(23)27-12(2)19(24)22-13-5-7-16(25-3)15(21)9-13/h4-9,12H,10H2,1-3H3,(H,22,24)/t12-/m0/s1. The zero-order valence-electron chi connectivity index (χ0n) is 15.0. The van der Waals surface area contributed by atoms with Crippen LogP contribution >= 0.6 is 23.2 Å². The summed E-state index contributed by atoms with van der Waals surface area (Å²) >= 11 is 12.0. The minimum atomic E-state index is -1.02. The van der Waals surface area contributed by atoms with Crippen LogP contribution in [0.2, 0.25) is 10.0 Å². The molecule has 0 saturated carbocycles. The number of carbonyl (C=O) groups excluding carboxylic acids is 2. The van der Waals surface area contributed by atoms with E-state index in [1.807, 2.05) is 13.0 Å². The van der Waals surface area contributed by atoms with Gasteiger partial charge in [-0.25, -0.2) is 4.79 Å². The average Bonchev–Trinajstić information content (AvgIpc) is 2.62. The SMILES string of the molecule is COc1ccc(NC(=O)[C@H](C)OC(=O)COc2cc(C)ccc2Cl)cc1Cl. The summed E-state index contributed by atoms with van der Waals surface area (Å²) in [7, 11) is 1.49. The lowest BCUT2D eigenvalue weighted by Crippen LogP contribution is -2.31. The lowest BCUT2D eigenvalue weighted by atomic mass is 10.2. The van der Waals surface area contributed by atoms with Gasteiger partial charge in [-0.1, -0.05) is 29.3 Å². The number of ether oxygens (including phenoxy) is 3. The molecule has 6 nitrogen and oxygen atoms in total. The predicted molar refractivity (Wildman–Crippen MR) is 104 cm³/mol. The molecule has 144 valence electrons. The monoisotopic (exact) mass is 411 g/mol. The molecule has 0 bridgehead atoms. The van der Waals surface area contributed by atoms with E-state index in [-0.39, 0.29) is 6.61 Å². The molecule has 0 saturated heterocycles. The first-order valence-electron chi connectivity index (χ1n) is 8.03. The summed E-state index contributed by atoms with van der Waals surface area (Å²) in [6, 6.07) is 9.99. The molecule has 0 aliphatic carbocycles. The second kappa shape index (κ2) is 9.48. The van der Waals surface area contributed by atoms with Crippen molar-refractivity contribution in [1.82, 2.24) is 0 Å². The number of esters is 1. The van der Waals surface area contributed by atoms with E-state index in [0.717, 1.165) is 5.56 Å². The van der Waals surface area contributed by atoms with Gasteiger partial charge in [0.2, 0.25) is 0 Å². The van der Waals surface area contributed by atoms with Crippen molar-refractivity contribution in [2.75, 3.05) is 19.0 Å². The van der Waals surface area contributed by atoms with Gasteiger partial charge in [0.25, 0.3) is 5.91 Å². The number of benzene rings is 2. The fourth-order valence-electron chi connectivity index (χ4n) is 2.13. The summed E-state index contributed by atoms with van der Waals surface area (Å²) in [5.41, 5.74) is 1.39. The number of carbonyl (C=O) groups is 2. The Balaban J connectivity index is 1.87. The number of hydrogen-bond donors (Lipinski definition) is 1. The summed E-state index contributed by atoms with van der Waals surface area (Å²) in [5, 5.41) is 3.35. The summed E-state index contributed by atoms with van der Waals surface area (Å²) in [6.07, 6.45) is -1.02. The lowest BCUT2D eigenvalue weighted by Gasteiger charge is -2.15. The zero-order chi connectivity index (χ0) is 20.0. The van der Waals surface area contributed by atoms with Crippen molar-refractivity contribution >= 4 is 40.8 Å². The number of methoxy groups -OCH3 is 1. The smallest absolute Gasteiger partial charge is 0.344 e. The Hall–Kier alpha value is -2.44. The van der Waals surface area contributed by atoms with Gasteiger partial charge in [-0.3, -0.25) is 4.79 Å². The maximum absolute atomic E-state index is 12.2. The molecule has 0 aliphatic heterocycles. The third-order valence-corrected chi connectivity index (χ3v) is 4.14. The molecule has 0 spiro atoms. The van der Waals surface area contributed by atoms with E-state index in [9.17, 15) is 9.59 Å². The molecule has 2 aromatic carbocycles. The second-order valence-electron chi connectivity index (χ2n) is 5.69. The highest BCUT2D eigenvalue weighted by Crippen LogP contribution is 2.27. The largest absolute Gasteiger partial charge is 0.495 e. The van der Waals surface area contributed by atoms with Gasteiger partial charge in [-0.05, 0) is 49.7 Å². The van der Waals surface area contributed by atoms with Crippen LogP contribution in [0.3, 0.4) is 0 Å². The van der Waals surface area contributed by atoms with Crippen LogP contribution in [-0.2, 0) is 14.3 Å². The van der Waals surface area contributed by atoms with Crippen molar-refractivity contribution in [3.05, 3.63) is 52.0 Å². The topological polar surface area (TPSA) is 73.9 Å². The van der Waals surface area contributed by atoms with Gasteiger partial charge in [0.15, 0.2) is 12.7 Å². The lowest BCUT2D eigenvalue weighted by molar-refractivity contribution is -0.155. The van der Waals surface area contributed by atoms with Gasteiger partial charge < -0.3 is 19.5 Å². The molecule has 1 amide bonds. The molecule has 1 N–H and O–H groups in total. The third-order valence-electron chi connectivity index (χ3n) is 3.53. The van der Waals surface area contributed by atoms with Crippen LogP contribution < -0.4 is 14.8 Å². The molecule has 2 aromatic rings. The molecule has 2 rings (SSSR count). The van der Waals surface area contributed by atoms with Crippen molar-refractivity contribution in [1.29, 1.82) is 0 Å². The molecule has 8 heteroatoms. The van der Waals surface area contributed by atoms with Crippen LogP contribution in [0, 0.1) is 6.92 Å². The Kier molecular flexibility index (Phi) is 7.33. The zero-order valence-corrected chi connectivity index (χ0v) is 16.6. The summed E-state index contributed by atoms with van der Waals surface area (Å²) < 4.78 is 15.5. The Bertz CT molecular complexity index is 841. The summed E-state index contributed by atoms with van der Waals surface area (Å²) in [6.45, 7) is 2.96. The van der Waals surface area contributed by atoms with Crippen molar-refractivity contribution in [3.8, 4) is 11.5 Å². The molecule has 0 aliphatic rings. The van der Waals surface area contributed by atoms with E-state index in [2.05, 4.69) is 5.32 Å². The van der Waals surface area contributed by atoms with Gasteiger partial charge in [0.05, 0.1) is 17.2 Å². The first kappa shape index (κ1) is 20.9. The van der Waals surface area contributed by atoms with Crippen LogP contribution in [0.25, 0.3) is 0 Å². The van der Waals surface area contributed by atoms with Crippen LogP contribution in [0.4, 0.5) is 5.69 Å². The van der Waals surface area contributed by atoms with Crippen molar-refractivity contribution in [2.24, 2.45) is 0 Å². The average molecular weight is 412 g/mol. The quantitative estimate of drug-likeness (QED) is 0.688. The first-order chi connectivity index (χ1) is 12.8. The first-order valence-corrected chi connectivity index (χ1v) is 8.78. The highest BCUT2D eigenvalue weighted by Gasteiger charge is 2.19. The van der Waals surface area contributed by atoms with Gasteiger partial charge in [0, 0.05) is 5.69 Å². The molecule has 1 atom stereocenters. The number of halogens is 2. The fraction of sp³-hybridized carbons (Fsp3) is 0.263. The Morgan fingerprint density at radius 3 is 2.48 bits per heavy atom. The van der Waals surface area contributed by atoms with Crippen molar-refractivity contribution < 1.29 is 23.8 Å². The Morgan fingerprint density at radius 1 is 1.07 bits per heavy atom. The second-order valence-corrected chi connectivity index (χ2v) is 6.51. The maximum Gasteiger partial charge on any atom is 0.344 e. The molecular formula is C19H19Cl2NO5. The minimum Gasteiger partial charge on any atom is -0.495 e. The van der Waals surface area contributed by atoms with E-state index in [4.69, 9.17) is 37.4 Å². The van der Waals surface area contributed by atoms with E-state index in [1.165, 1.54) is 20.1 Å². The Labute approximate surface area is 167 Å². The molecule has 0 unspecified atom stereocenters. The summed E-state index contributed by atoms with van der Waals surface area (Å²) in [4.78, 5) is 24.1. The maximum atomic E-state index is 12.2. The van der Waals surface area contributed by atoms with Gasteiger partial charge in [-0.2, -0.15) is 0 Å². The van der Waals surface area contributed by atoms with Crippen LogP contribution in [0.1, 0.15) is 12.5 Å².